The molecule has 1 aromatic heterocycles. The predicted octanol–water partition coefficient (Wildman–Crippen LogP) is 4.43. The second kappa shape index (κ2) is 6.31. The highest BCUT2D eigenvalue weighted by Gasteiger charge is 2.29. The summed E-state index contributed by atoms with van der Waals surface area (Å²) in [6.07, 6.45) is -0.524. The lowest BCUT2D eigenvalue weighted by atomic mass is 10.0. The standard InChI is InChI=1S/C18H13F3N2O/c19-18(20,21)16-7-5-15(6-8-16)14-3-1-13(2-4-14)10-23-12-22-9-17(23)11-24/h1-9,11-12H,10H2. The lowest BCUT2D eigenvalue weighted by Crippen LogP contribution is -2.04. The molecule has 0 aliphatic heterocycles. The molecule has 122 valence electrons. The van der Waals surface area contributed by atoms with Crippen molar-refractivity contribution in [3.63, 3.8) is 0 Å². The zero-order chi connectivity index (χ0) is 17.2. The van der Waals surface area contributed by atoms with Gasteiger partial charge in [-0.2, -0.15) is 13.2 Å². The van der Waals surface area contributed by atoms with E-state index in [2.05, 4.69) is 4.98 Å². The van der Waals surface area contributed by atoms with Gasteiger partial charge in [0.2, 0.25) is 0 Å². The lowest BCUT2D eigenvalue weighted by Gasteiger charge is -2.09. The Bertz CT molecular complexity index is 834. The number of aldehydes is 1. The molecule has 0 N–H and O–H groups in total. The van der Waals surface area contributed by atoms with Crippen molar-refractivity contribution >= 4 is 6.29 Å². The molecule has 0 atom stereocenters. The molecule has 0 amide bonds. The van der Waals surface area contributed by atoms with Crippen molar-refractivity contribution in [2.75, 3.05) is 0 Å². The molecule has 0 unspecified atom stereocenters. The Balaban J connectivity index is 1.78. The van der Waals surface area contributed by atoms with Crippen molar-refractivity contribution in [2.45, 2.75) is 12.7 Å². The molecular weight excluding hydrogens is 317 g/mol. The summed E-state index contributed by atoms with van der Waals surface area (Å²) in [5.41, 5.74) is 2.33. The van der Waals surface area contributed by atoms with Gasteiger partial charge in [-0.15, -0.1) is 0 Å². The van der Waals surface area contributed by atoms with Gasteiger partial charge >= 0.3 is 6.18 Å². The highest BCUT2D eigenvalue weighted by molar-refractivity contribution is 5.71. The zero-order valence-corrected chi connectivity index (χ0v) is 12.5. The Kier molecular flexibility index (Phi) is 4.20. The number of hydrogen-bond acceptors (Lipinski definition) is 2. The Morgan fingerprint density at radius 3 is 2.08 bits per heavy atom. The maximum atomic E-state index is 12.6. The van der Waals surface area contributed by atoms with Gasteiger partial charge in [-0.05, 0) is 28.8 Å². The molecule has 1 heterocycles. The molecule has 0 saturated heterocycles. The maximum absolute atomic E-state index is 12.6. The molecule has 0 aliphatic rings. The van der Waals surface area contributed by atoms with Gasteiger partial charge in [-0.25, -0.2) is 4.98 Å². The highest BCUT2D eigenvalue weighted by atomic mass is 19.4. The molecule has 3 aromatic rings. The van der Waals surface area contributed by atoms with Crippen molar-refractivity contribution < 1.29 is 18.0 Å². The number of alkyl halides is 3. The van der Waals surface area contributed by atoms with E-state index >= 15 is 0 Å². The van der Waals surface area contributed by atoms with E-state index in [4.69, 9.17) is 0 Å². The SMILES string of the molecule is O=Cc1cncn1Cc1ccc(-c2ccc(C(F)(F)F)cc2)cc1. The molecule has 0 radical (unpaired) electrons. The maximum Gasteiger partial charge on any atom is 0.416 e. The van der Waals surface area contributed by atoms with Crippen molar-refractivity contribution in [3.05, 3.63) is 77.9 Å². The fraction of sp³-hybridized carbons (Fsp3) is 0.111. The molecule has 24 heavy (non-hydrogen) atoms. The van der Waals surface area contributed by atoms with Crippen LogP contribution in [0.4, 0.5) is 13.2 Å². The lowest BCUT2D eigenvalue weighted by molar-refractivity contribution is -0.137. The van der Waals surface area contributed by atoms with Crippen LogP contribution in [0.3, 0.4) is 0 Å². The quantitative estimate of drug-likeness (QED) is 0.663. The van der Waals surface area contributed by atoms with Crippen LogP contribution in [-0.2, 0) is 12.7 Å². The van der Waals surface area contributed by atoms with Crippen LogP contribution in [0.2, 0.25) is 0 Å². The number of rotatable bonds is 4. The number of carbonyl (C=O) groups is 1. The molecule has 0 spiro atoms. The minimum Gasteiger partial charge on any atom is -0.324 e. The van der Waals surface area contributed by atoms with Gasteiger partial charge in [0, 0.05) is 6.54 Å². The van der Waals surface area contributed by atoms with Crippen LogP contribution < -0.4 is 0 Å². The number of hydrogen-bond donors (Lipinski definition) is 0. The van der Waals surface area contributed by atoms with Crippen molar-refractivity contribution in [1.29, 1.82) is 0 Å². The van der Waals surface area contributed by atoms with Crippen molar-refractivity contribution in [3.8, 4) is 11.1 Å². The normalized spacial score (nSPS) is 11.5. The minimum atomic E-state index is -4.33. The van der Waals surface area contributed by atoms with Crippen LogP contribution in [0.15, 0.2) is 61.1 Å². The molecule has 6 heteroatoms. The smallest absolute Gasteiger partial charge is 0.324 e. The fourth-order valence-corrected chi connectivity index (χ4v) is 2.41. The zero-order valence-electron chi connectivity index (χ0n) is 12.5. The van der Waals surface area contributed by atoms with Crippen LogP contribution in [0.1, 0.15) is 21.6 Å². The summed E-state index contributed by atoms with van der Waals surface area (Å²) < 4.78 is 39.5. The van der Waals surface area contributed by atoms with E-state index in [1.807, 2.05) is 24.3 Å². The third-order valence-corrected chi connectivity index (χ3v) is 3.72. The molecule has 3 nitrogen and oxygen atoms in total. The van der Waals surface area contributed by atoms with E-state index in [-0.39, 0.29) is 0 Å². The Labute approximate surface area is 136 Å². The first-order chi connectivity index (χ1) is 11.5. The van der Waals surface area contributed by atoms with E-state index in [1.165, 1.54) is 18.3 Å². The van der Waals surface area contributed by atoms with Crippen LogP contribution >= 0.6 is 0 Å². The van der Waals surface area contributed by atoms with Crippen LogP contribution in [0.5, 0.6) is 0 Å². The van der Waals surface area contributed by atoms with E-state index in [9.17, 15) is 18.0 Å². The Morgan fingerprint density at radius 2 is 1.54 bits per heavy atom. The molecule has 0 bridgehead atoms. The number of benzene rings is 2. The fourth-order valence-electron chi connectivity index (χ4n) is 2.41. The molecule has 0 aliphatic carbocycles. The third kappa shape index (κ3) is 3.37. The van der Waals surface area contributed by atoms with Crippen molar-refractivity contribution in [1.82, 2.24) is 9.55 Å². The topological polar surface area (TPSA) is 34.9 Å². The van der Waals surface area contributed by atoms with Gasteiger partial charge in [0.15, 0.2) is 6.29 Å². The Hall–Kier alpha value is -2.89. The van der Waals surface area contributed by atoms with Gasteiger partial charge in [-0.3, -0.25) is 4.79 Å². The summed E-state index contributed by atoms with van der Waals surface area (Å²) in [6, 6.07) is 12.5. The first-order valence-corrected chi connectivity index (χ1v) is 7.19. The molecular formula is C18H13F3N2O. The average molecular weight is 330 g/mol. The van der Waals surface area contributed by atoms with E-state index in [0.29, 0.717) is 17.8 Å². The van der Waals surface area contributed by atoms with Crippen LogP contribution in [-0.4, -0.2) is 15.8 Å². The van der Waals surface area contributed by atoms with Gasteiger partial charge in [-0.1, -0.05) is 36.4 Å². The summed E-state index contributed by atoms with van der Waals surface area (Å²) in [4.78, 5) is 14.8. The first kappa shape index (κ1) is 16.0. The summed E-state index contributed by atoms with van der Waals surface area (Å²) in [5, 5.41) is 0. The largest absolute Gasteiger partial charge is 0.416 e. The highest BCUT2D eigenvalue weighted by Crippen LogP contribution is 2.31. The Morgan fingerprint density at radius 1 is 0.958 bits per heavy atom. The molecule has 3 rings (SSSR count). The average Bonchev–Trinajstić information content (AvgIpc) is 3.02. The van der Waals surface area contributed by atoms with Gasteiger partial charge in [0.25, 0.3) is 0 Å². The van der Waals surface area contributed by atoms with Gasteiger partial charge in [0.1, 0.15) is 5.69 Å². The van der Waals surface area contributed by atoms with Crippen molar-refractivity contribution in [2.24, 2.45) is 0 Å². The van der Waals surface area contributed by atoms with Crippen LogP contribution in [0, 0.1) is 0 Å². The van der Waals surface area contributed by atoms with E-state index in [0.717, 1.165) is 29.5 Å². The molecule has 0 saturated carbocycles. The van der Waals surface area contributed by atoms with E-state index in [1.54, 1.807) is 10.9 Å². The monoisotopic (exact) mass is 330 g/mol. The van der Waals surface area contributed by atoms with Gasteiger partial charge in [0.05, 0.1) is 18.1 Å². The predicted molar refractivity (Wildman–Crippen MR) is 83.6 cm³/mol. The number of imidazole rings is 1. The number of nitrogens with zero attached hydrogens (tertiary/aromatic N) is 2. The summed E-state index contributed by atoms with van der Waals surface area (Å²) in [6.45, 7) is 0.501. The number of halogens is 3. The minimum absolute atomic E-state index is 0.488. The van der Waals surface area contributed by atoms with Crippen LogP contribution in [0.25, 0.3) is 11.1 Å². The second-order valence-electron chi connectivity index (χ2n) is 5.34. The number of aromatic nitrogens is 2. The molecule has 0 fully saturated rings. The summed E-state index contributed by atoms with van der Waals surface area (Å²) in [7, 11) is 0. The second-order valence-corrected chi connectivity index (χ2v) is 5.34. The third-order valence-electron chi connectivity index (χ3n) is 3.72. The number of carbonyl (C=O) groups excluding carboxylic acids is 1. The molecule has 2 aromatic carbocycles. The summed E-state index contributed by atoms with van der Waals surface area (Å²) in [5.74, 6) is 0. The summed E-state index contributed by atoms with van der Waals surface area (Å²) >= 11 is 0. The van der Waals surface area contributed by atoms with Gasteiger partial charge < -0.3 is 4.57 Å². The first-order valence-electron chi connectivity index (χ1n) is 7.19. The van der Waals surface area contributed by atoms with E-state index < -0.39 is 11.7 Å².